The second-order valence-electron chi connectivity index (χ2n) is 9.50. The maximum atomic E-state index is 11.8. The highest BCUT2D eigenvalue weighted by molar-refractivity contribution is 7.18. The number of hydrogen-bond acceptors (Lipinski definition) is 6. The average molecular weight is 449 g/mol. The molecule has 0 amide bonds. The van der Waals surface area contributed by atoms with Crippen molar-refractivity contribution in [3.63, 3.8) is 0 Å². The van der Waals surface area contributed by atoms with Crippen LogP contribution in [0.4, 0.5) is 5.82 Å². The molecule has 0 bridgehead atoms. The fraction of sp³-hybridized carbons (Fsp3) is 0.458. The first-order valence-electron chi connectivity index (χ1n) is 11.4. The summed E-state index contributed by atoms with van der Waals surface area (Å²) in [6.45, 7) is 5.20. The Bertz CT molecular complexity index is 1360. The number of H-pyrrole nitrogens is 1. The summed E-state index contributed by atoms with van der Waals surface area (Å²) in [5.74, 6) is 1.11. The maximum Gasteiger partial charge on any atom is 0.326 e. The lowest BCUT2D eigenvalue weighted by atomic mass is 9.78. The molecule has 1 atom stereocenters. The molecule has 1 unspecified atom stereocenters. The van der Waals surface area contributed by atoms with Crippen molar-refractivity contribution in [1.82, 2.24) is 24.8 Å². The lowest BCUT2D eigenvalue weighted by Gasteiger charge is -2.49. The summed E-state index contributed by atoms with van der Waals surface area (Å²) < 4.78 is 1.65. The van der Waals surface area contributed by atoms with Crippen molar-refractivity contribution in [3.05, 3.63) is 51.5 Å². The third-order valence-electron chi connectivity index (χ3n) is 7.33. The first kappa shape index (κ1) is 19.9. The molecule has 1 aromatic carbocycles. The van der Waals surface area contributed by atoms with Gasteiger partial charge < -0.3 is 15.2 Å². The summed E-state index contributed by atoms with van der Waals surface area (Å²) >= 11 is 1.79. The molecule has 1 saturated carbocycles. The second-order valence-corrected chi connectivity index (χ2v) is 10.6. The fourth-order valence-electron chi connectivity index (χ4n) is 5.56. The van der Waals surface area contributed by atoms with Crippen molar-refractivity contribution in [3.8, 4) is 0 Å². The number of thiophene rings is 1. The zero-order valence-corrected chi connectivity index (χ0v) is 19.3. The van der Waals surface area contributed by atoms with Crippen molar-refractivity contribution in [2.45, 2.75) is 45.2 Å². The van der Waals surface area contributed by atoms with E-state index < -0.39 is 0 Å². The standard InChI is InChI=1S/C24H28N6OS/c1-3-17-9-18-21(26-14-27-22(18)32-17)30-12-24(13-30)7-6-16(10-24)25-11-15-4-5-20-19(8-15)28-23(31)29(20)2/h4-5,8-9,14,16,25H,3,6-7,10-13H2,1-2H3,(H,28,31). The zero-order chi connectivity index (χ0) is 21.9. The molecule has 8 heteroatoms. The minimum atomic E-state index is -0.0632. The van der Waals surface area contributed by atoms with Gasteiger partial charge in [-0.1, -0.05) is 13.0 Å². The summed E-state index contributed by atoms with van der Waals surface area (Å²) in [5, 5.41) is 4.98. The Hall–Kier alpha value is -2.71. The summed E-state index contributed by atoms with van der Waals surface area (Å²) in [5.41, 5.74) is 3.41. The lowest BCUT2D eigenvalue weighted by Crippen LogP contribution is -2.56. The van der Waals surface area contributed by atoms with Gasteiger partial charge in [0.2, 0.25) is 0 Å². The van der Waals surface area contributed by atoms with Crippen molar-refractivity contribution >= 4 is 38.4 Å². The maximum absolute atomic E-state index is 11.8. The van der Waals surface area contributed by atoms with E-state index in [0.717, 1.165) is 47.7 Å². The van der Waals surface area contributed by atoms with Crippen LogP contribution in [-0.4, -0.2) is 38.7 Å². The number of fused-ring (bicyclic) bond motifs is 2. The summed E-state index contributed by atoms with van der Waals surface area (Å²) in [6, 6.07) is 9.05. The topological polar surface area (TPSA) is 78.8 Å². The van der Waals surface area contributed by atoms with E-state index in [-0.39, 0.29) is 5.69 Å². The number of nitrogens with zero attached hydrogens (tertiary/aromatic N) is 4. The van der Waals surface area contributed by atoms with E-state index in [2.05, 4.69) is 50.3 Å². The number of hydrogen-bond donors (Lipinski definition) is 2. The highest BCUT2D eigenvalue weighted by atomic mass is 32.1. The van der Waals surface area contributed by atoms with Gasteiger partial charge >= 0.3 is 5.69 Å². The van der Waals surface area contributed by atoms with Crippen LogP contribution < -0.4 is 15.9 Å². The molecule has 32 heavy (non-hydrogen) atoms. The molecule has 4 heterocycles. The van der Waals surface area contributed by atoms with E-state index in [1.165, 1.54) is 35.1 Å². The Morgan fingerprint density at radius 2 is 2.16 bits per heavy atom. The van der Waals surface area contributed by atoms with E-state index >= 15 is 0 Å². The summed E-state index contributed by atoms with van der Waals surface area (Å²) in [7, 11) is 1.80. The van der Waals surface area contributed by atoms with Crippen LogP contribution >= 0.6 is 11.3 Å². The van der Waals surface area contributed by atoms with Crippen molar-refractivity contribution in [2.75, 3.05) is 18.0 Å². The van der Waals surface area contributed by atoms with Crippen LogP contribution in [0, 0.1) is 5.41 Å². The molecule has 7 nitrogen and oxygen atoms in total. The highest BCUT2D eigenvalue weighted by Crippen LogP contribution is 2.48. The number of aryl methyl sites for hydroxylation is 2. The number of aromatic amines is 1. The van der Waals surface area contributed by atoms with Gasteiger partial charge in [0.25, 0.3) is 0 Å². The predicted molar refractivity (Wildman–Crippen MR) is 129 cm³/mol. The number of benzene rings is 1. The van der Waals surface area contributed by atoms with Crippen molar-refractivity contribution in [2.24, 2.45) is 12.5 Å². The Kier molecular flexibility index (Phi) is 4.62. The first-order chi connectivity index (χ1) is 15.5. The molecule has 1 spiro atoms. The minimum absolute atomic E-state index is 0.0632. The van der Waals surface area contributed by atoms with E-state index in [1.54, 1.807) is 29.3 Å². The van der Waals surface area contributed by atoms with E-state index in [1.807, 2.05) is 6.07 Å². The molecule has 3 aromatic heterocycles. The third-order valence-corrected chi connectivity index (χ3v) is 8.51. The van der Waals surface area contributed by atoms with Crippen LogP contribution in [0.3, 0.4) is 0 Å². The van der Waals surface area contributed by atoms with Crippen molar-refractivity contribution in [1.29, 1.82) is 0 Å². The first-order valence-corrected chi connectivity index (χ1v) is 12.2. The molecule has 2 N–H and O–H groups in total. The van der Waals surface area contributed by atoms with Gasteiger partial charge in [0.15, 0.2) is 0 Å². The van der Waals surface area contributed by atoms with Gasteiger partial charge in [-0.3, -0.25) is 4.57 Å². The van der Waals surface area contributed by atoms with Crippen LogP contribution in [0.15, 0.2) is 35.4 Å². The quantitative estimate of drug-likeness (QED) is 0.488. The predicted octanol–water partition coefficient (Wildman–Crippen LogP) is 3.58. The van der Waals surface area contributed by atoms with Crippen LogP contribution in [0.1, 0.15) is 36.6 Å². The zero-order valence-electron chi connectivity index (χ0n) is 18.5. The minimum Gasteiger partial charge on any atom is -0.355 e. The fourth-order valence-corrected chi connectivity index (χ4v) is 6.49. The Morgan fingerprint density at radius 1 is 1.28 bits per heavy atom. The normalized spacial score (nSPS) is 19.9. The smallest absolute Gasteiger partial charge is 0.326 e. The number of nitrogens with one attached hydrogen (secondary N) is 2. The van der Waals surface area contributed by atoms with E-state index in [0.29, 0.717) is 11.5 Å². The molecular weight excluding hydrogens is 420 g/mol. The van der Waals surface area contributed by atoms with Gasteiger partial charge in [-0.2, -0.15) is 0 Å². The van der Waals surface area contributed by atoms with Crippen LogP contribution in [0.2, 0.25) is 0 Å². The molecule has 1 saturated heterocycles. The lowest BCUT2D eigenvalue weighted by molar-refractivity contribution is 0.214. The average Bonchev–Trinajstić information content (AvgIpc) is 3.47. The summed E-state index contributed by atoms with van der Waals surface area (Å²) in [6.07, 6.45) is 6.46. The monoisotopic (exact) mass is 448 g/mol. The molecule has 4 aromatic rings. The molecule has 2 fully saturated rings. The molecule has 1 aliphatic heterocycles. The Labute approximate surface area is 190 Å². The van der Waals surface area contributed by atoms with E-state index in [9.17, 15) is 4.79 Å². The molecule has 166 valence electrons. The van der Waals surface area contributed by atoms with Gasteiger partial charge in [-0.15, -0.1) is 11.3 Å². The van der Waals surface area contributed by atoms with Gasteiger partial charge in [-0.25, -0.2) is 14.8 Å². The highest BCUT2D eigenvalue weighted by Gasteiger charge is 2.48. The summed E-state index contributed by atoms with van der Waals surface area (Å²) in [4.78, 5) is 28.8. The largest absolute Gasteiger partial charge is 0.355 e. The van der Waals surface area contributed by atoms with E-state index in [4.69, 9.17) is 0 Å². The van der Waals surface area contributed by atoms with Crippen LogP contribution in [0.25, 0.3) is 21.3 Å². The van der Waals surface area contributed by atoms with Gasteiger partial charge in [0, 0.05) is 43.0 Å². The Morgan fingerprint density at radius 3 is 3.00 bits per heavy atom. The van der Waals surface area contributed by atoms with Gasteiger partial charge in [-0.05, 0) is 49.4 Å². The number of anilines is 1. The van der Waals surface area contributed by atoms with Crippen molar-refractivity contribution < 1.29 is 0 Å². The SMILES string of the molecule is CCc1cc2c(N3CC4(CCC(NCc5ccc6c(c5)[nH]c(=O)n6C)C4)C3)ncnc2s1. The number of rotatable bonds is 5. The van der Waals surface area contributed by atoms with Gasteiger partial charge in [0.1, 0.15) is 17.0 Å². The van der Waals surface area contributed by atoms with Crippen LogP contribution in [0.5, 0.6) is 0 Å². The third kappa shape index (κ3) is 3.24. The number of aromatic nitrogens is 4. The van der Waals surface area contributed by atoms with Gasteiger partial charge in [0.05, 0.1) is 16.4 Å². The molecule has 0 radical (unpaired) electrons. The molecule has 6 rings (SSSR count). The Balaban J connectivity index is 1.09. The number of imidazole rings is 1. The molecule has 2 aliphatic rings. The molecular formula is C24H28N6OS. The molecule has 1 aliphatic carbocycles. The second kappa shape index (κ2) is 7.42. The van der Waals surface area contributed by atoms with Crippen LogP contribution in [-0.2, 0) is 20.0 Å².